The summed E-state index contributed by atoms with van der Waals surface area (Å²) in [5.74, 6) is 0.755. The van der Waals surface area contributed by atoms with Crippen LogP contribution in [0.15, 0.2) is 47.4 Å². The van der Waals surface area contributed by atoms with Crippen molar-refractivity contribution < 1.29 is 4.74 Å². The molecule has 19 heavy (non-hydrogen) atoms. The van der Waals surface area contributed by atoms with Gasteiger partial charge in [-0.15, -0.1) is 11.8 Å². The van der Waals surface area contributed by atoms with E-state index in [1.807, 2.05) is 24.3 Å². The van der Waals surface area contributed by atoms with E-state index in [0.29, 0.717) is 5.02 Å². The number of nitrogens with two attached hydrogens (primary N) is 1. The average molecular weight is 294 g/mol. The van der Waals surface area contributed by atoms with Gasteiger partial charge < -0.3 is 10.5 Å². The van der Waals surface area contributed by atoms with Gasteiger partial charge >= 0.3 is 0 Å². The van der Waals surface area contributed by atoms with E-state index >= 15 is 0 Å². The second kappa shape index (κ2) is 6.33. The summed E-state index contributed by atoms with van der Waals surface area (Å²) in [7, 11) is 1.64. The van der Waals surface area contributed by atoms with Crippen molar-refractivity contribution in [3.05, 3.63) is 58.6 Å². The van der Waals surface area contributed by atoms with Crippen molar-refractivity contribution in [1.82, 2.24) is 0 Å². The lowest BCUT2D eigenvalue weighted by molar-refractivity contribution is 0.408. The van der Waals surface area contributed by atoms with Crippen LogP contribution in [0.1, 0.15) is 17.2 Å². The SMILES string of the molecule is COc1ccc(Cl)cc1C(N)c1ccc(SC)cc1. The van der Waals surface area contributed by atoms with Crippen molar-refractivity contribution in [3.8, 4) is 5.75 Å². The molecule has 0 aliphatic heterocycles. The van der Waals surface area contributed by atoms with E-state index in [1.165, 1.54) is 4.90 Å². The predicted molar refractivity (Wildman–Crippen MR) is 82.3 cm³/mol. The van der Waals surface area contributed by atoms with Gasteiger partial charge in [-0.2, -0.15) is 0 Å². The average Bonchev–Trinajstić information content (AvgIpc) is 2.46. The largest absolute Gasteiger partial charge is 0.496 e. The minimum Gasteiger partial charge on any atom is -0.496 e. The summed E-state index contributed by atoms with van der Waals surface area (Å²) >= 11 is 7.75. The van der Waals surface area contributed by atoms with Gasteiger partial charge in [-0.3, -0.25) is 0 Å². The van der Waals surface area contributed by atoms with Crippen molar-refractivity contribution in [2.45, 2.75) is 10.9 Å². The molecule has 2 aromatic rings. The third-order valence-corrected chi connectivity index (χ3v) is 3.98. The number of thioether (sulfide) groups is 1. The van der Waals surface area contributed by atoms with Gasteiger partial charge in [0.25, 0.3) is 0 Å². The van der Waals surface area contributed by atoms with E-state index < -0.39 is 0 Å². The molecular formula is C15H16ClNOS. The first-order valence-electron chi connectivity index (χ1n) is 5.88. The second-order valence-corrected chi connectivity index (χ2v) is 5.45. The number of rotatable bonds is 4. The number of benzene rings is 2. The van der Waals surface area contributed by atoms with Gasteiger partial charge in [-0.1, -0.05) is 23.7 Å². The van der Waals surface area contributed by atoms with Crippen LogP contribution >= 0.6 is 23.4 Å². The summed E-state index contributed by atoms with van der Waals surface area (Å²) < 4.78 is 5.35. The molecule has 0 bridgehead atoms. The zero-order valence-corrected chi connectivity index (χ0v) is 12.5. The van der Waals surface area contributed by atoms with Gasteiger partial charge in [0.1, 0.15) is 5.75 Å². The van der Waals surface area contributed by atoms with Gasteiger partial charge in [0, 0.05) is 15.5 Å². The fourth-order valence-electron chi connectivity index (χ4n) is 1.94. The van der Waals surface area contributed by atoms with Crippen molar-refractivity contribution in [2.24, 2.45) is 5.73 Å². The highest BCUT2D eigenvalue weighted by Gasteiger charge is 2.14. The molecule has 2 N–H and O–H groups in total. The van der Waals surface area contributed by atoms with Gasteiger partial charge in [-0.25, -0.2) is 0 Å². The first-order chi connectivity index (χ1) is 9.15. The Morgan fingerprint density at radius 2 is 1.84 bits per heavy atom. The summed E-state index contributed by atoms with van der Waals surface area (Å²) in [4.78, 5) is 1.22. The third-order valence-electron chi connectivity index (χ3n) is 3.00. The number of halogens is 1. The lowest BCUT2D eigenvalue weighted by Crippen LogP contribution is -2.13. The predicted octanol–water partition coefficient (Wildman–Crippen LogP) is 4.12. The minimum absolute atomic E-state index is 0.246. The van der Waals surface area contributed by atoms with E-state index in [-0.39, 0.29) is 6.04 Å². The monoisotopic (exact) mass is 293 g/mol. The van der Waals surface area contributed by atoms with Crippen LogP contribution in [0.4, 0.5) is 0 Å². The van der Waals surface area contributed by atoms with Gasteiger partial charge in [0.05, 0.1) is 13.2 Å². The molecule has 4 heteroatoms. The molecule has 0 aliphatic carbocycles. The Labute approximate surface area is 122 Å². The smallest absolute Gasteiger partial charge is 0.124 e. The molecule has 0 amide bonds. The van der Waals surface area contributed by atoms with E-state index in [1.54, 1.807) is 24.9 Å². The van der Waals surface area contributed by atoms with E-state index in [4.69, 9.17) is 22.1 Å². The van der Waals surface area contributed by atoms with Crippen LogP contribution in [0.3, 0.4) is 0 Å². The molecule has 0 heterocycles. The molecule has 0 saturated heterocycles. The standard InChI is InChI=1S/C15H16ClNOS/c1-18-14-8-5-11(16)9-13(14)15(17)10-3-6-12(19-2)7-4-10/h3-9,15H,17H2,1-2H3. The Bertz CT molecular complexity index is 557. The van der Waals surface area contributed by atoms with Crippen molar-refractivity contribution in [2.75, 3.05) is 13.4 Å². The van der Waals surface area contributed by atoms with Crippen LogP contribution in [-0.2, 0) is 0 Å². The molecule has 100 valence electrons. The molecular weight excluding hydrogens is 278 g/mol. The first kappa shape index (κ1) is 14.3. The van der Waals surface area contributed by atoms with Gasteiger partial charge in [0.2, 0.25) is 0 Å². The van der Waals surface area contributed by atoms with Crippen LogP contribution in [-0.4, -0.2) is 13.4 Å². The molecule has 0 saturated carbocycles. The number of methoxy groups -OCH3 is 1. The molecule has 0 aliphatic rings. The zero-order chi connectivity index (χ0) is 13.8. The minimum atomic E-state index is -0.246. The highest BCUT2D eigenvalue weighted by molar-refractivity contribution is 7.98. The Balaban J connectivity index is 2.36. The van der Waals surface area contributed by atoms with Crippen LogP contribution in [0, 0.1) is 0 Å². The molecule has 0 spiro atoms. The van der Waals surface area contributed by atoms with Crippen LogP contribution < -0.4 is 10.5 Å². The Hall–Kier alpha value is -1.16. The lowest BCUT2D eigenvalue weighted by Gasteiger charge is -2.16. The highest BCUT2D eigenvalue weighted by atomic mass is 35.5. The molecule has 1 unspecified atom stereocenters. The maximum Gasteiger partial charge on any atom is 0.124 e. The van der Waals surface area contributed by atoms with Crippen LogP contribution in [0.5, 0.6) is 5.75 Å². The van der Waals surface area contributed by atoms with Crippen LogP contribution in [0.25, 0.3) is 0 Å². The van der Waals surface area contributed by atoms with E-state index in [0.717, 1.165) is 16.9 Å². The van der Waals surface area contributed by atoms with Gasteiger partial charge in [-0.05, 0) is 42.2 Å². The van der Waals surface area contributed by atoms with E-state index in [2.05, 4.69) is 18.4 Å². The summed E-state index contributed by atoms with van der Waals surface area (Å²) in [6.45, 7) is 0. The maximum atomic E-state index is 6.31. The summed E-state index contributed by atoms with van der Waals surface area (Å²) in [6, 6.07) is 13.5. The first-order valence-corrected chi connectivity index (χ1v) is 7.49. The Morgan fingerprint density at radius 1 is 1.16 bits per heavy atom. The third kappa shape index (κ3) is 3.24. The van der Waals surface area contributed by atoms with E-state index in [9.17, 15) is 0 Å². The summed E-state index contributed by atoms with van der Waals surface area (Å²) in [5.41, 5.74) is 8.24. The number of hydrogen-bond donors (Lipinski definition) is 1. The number of hydrogen-bond acceptors (Lipinski definition) is 3. The van der Waals surface area contributed by atoms with Crippen LogP contribution in [0.2, 0.25) is 5.02 Å². The van der Waals surface area contributed by atoms with Crippen molar-refractivity contribution in [1.29, 1.82) is 0 Å². The number of ether oxygens (including phenoxy) is 1. The Morgan fingerprint density at radius 3 is 2.42 bits per heavy atom. The fourth-order valence-corrected chi connectivity index (χ4v) is 2.53. The molecule has 2 rings (SSSR count). The maximum absolute atomic E-state index is 6.31. The molecule has 2 aromatic carbocycles. The summed E-state index contributed by atoms with van der Waals surface area (Å²) in [5, 5.41) is 0.659. The molecule has 0 radical (unpaired) electrons. The molecule has 0 fully saturated rings. The van der Waals surface area contributed by atoms with Crippen molar-refractivity contribution >= 4 is 23.4 Å². The van der Waals surface area contributed by atoms with Gasteiger partial charge in [0.15, 0.2) is 0 Å². The van der Waals surface area contributed by atoms with Crippen molar-refractivity contribution in [3.63, 3.8) is 0 Å². The topological polar surface area (TPSA) is 35.2 Å². The lowest BCUT2D eigenvalue weighted by atomic mass is 9.99. The zero-order valence-electron chi connectivity index (χ0n) is 10.9. The Kier molecular flexibility index (Phi) is 4.75. The quantitative estimate of drug-likeness (QED) is 0.861. The highest BCUT2D eigenvalue weighted by Crippen LogP contribution is 2.31. The molecule has 1 atom stereocenters. The normalized spacial score (nSPS) is 12.2. The molecule has 2 nitrogen and oxygen atoms in total. The second-order valence-electron chi connectivity index (χ2n) is 4.14. The molecule has 0 aromatic heterocycles. The fraction of sp³-hybridized carbons (Fsp3) is 0.200. The summed E-state index contributed by atoms with van der Waals surface area (Å²) in [6.07, 6.45) is 2.05.